The third-order valence-corrected chi connectivity index (χ3v) is 2.34. The van der Waals surface area contributed by atoms with Gasteiger partial charge in [0.25, 0.3) is 0 Å². The molecule has 0 spiro atoms. The van der Waals surface area contributed by atoms with Crippen molar-refractivity contribution in [1.82, 2.24) is 9.97 Å². The van der Waals surface area contributed by atoms with Gasteiger partial charge in [0.05, 0.1) is 26.5 Å². The number of aromatic nitrogens is 2. The molecule has 0 aromatic carbocycles. The number of halogens is 3. The fraction of sp³-hybridized carbons (Fsp3) is 0.636. The molecule has 1 aromatic rings. The van der Waals surface area contributed by atoms with Crippen LogP contribution in [0.25, 0.3) is 0 Å². The fourth-order valence-electron chi connectivity index (χ4n) is 1.40. The van der Waals surface area contributed by atoms with E-state index in [1.165, 1.54) is 20.4 Å². The second-order valence-corrected chi connectivity index (χ2v) is 3.87. The number of alkyl halides is 3. The van der Waals surface area contributed by atoms with Crippen molar-refractivity contribution < 1.29 is 27.4 Å². The van der Waals surface area contributed by atoms with E-state index < -0.39 is 18.8 Å². The zero-order valence-corrected chi connectivity index (χ0v) is 11.1. The monoisotopic (exact) mass is 295 g/mol. The SMILES string of the molecule is COc1cnc(C(N)CCOCC(F)(F)F)c(OC)n1. The second kappa shape index (κ2) is 7.25. The van der Waals surface area contributed by atoms with Gasteiger partial charge in [-0.25, -0.2) is 4.98 Å². The van der Waals surface area contributed by atoms with Crippen molar-refractivity contribution in [1.29, 1.82) is 0 Å². The minimum Gasteiger partial charge on any atom is -0.480 e. The van der Waals surface area contributed by atoms with Gasteiger partial charge in [-0.2, -0.15) is 18.2 Å². The van der Waals surface area contributed by atoms with E-state index in [1.807, 2.05) is 0 Å². The quantitative estimate of drug-likeness (QED) is 0.767. The summed E-state index contributed by atoms with van der Waals surface area (Å²) in [6.07, 6.45) is -2.83. The third-order valence-electron chi connectivity index (χ3n) is 2.34. The maximum absolute atomic E-state index is 11.9. The number of hydrogen-bond donors (Lipinski definition) is 1. The van der Waals surface area contributed by atoms with Gasteiger partial charge in [-0.1, -0.05) is 0 Å². The maximum atomic E-state index is 11.9. The van der Waals surface area contributed by atoms with Gasteiger partial charge in [0, 0.05) is 6.61 Å². The van der Waals surface area contributed by atoms with Crippen molar-refractivity contribution in [3.63, 3.8) is 0 Å². The summed E-state index contributed by atoms with van der Waals surface area (Å²) >= 11 is 0. The highest BCUT2D eigenvalue weighted by molar-refractivity contribution is 5.25. The predicted molar refractivity (Wildman–Crippen MR) is 63.6 cm³/mol. The molecule has 0 aliphatic heterocycles. The maximum Gasteiger partial charge on any atom is 0.411 e. The summed E-state index contributed by atoms with van der Waals surface area (Å²) in [6, 6.07) is -0.642. The van der Waals surface area contributed by atoms with Crippen LogP contribution >= 0.6 is 0 Å². The van der Waals surface area contributed by atoms with E-state index in [9.17, 15) is 13.2 Å². The van der Waals surface area contributed by atoms with Crippen LogP contribution in [0.1, 0.15) is 18.2 Å². The summed E-state index contributed by atoms with van der Waals surface area (Å²) in [5.41, 5.74) is 6.17. The van der Waals surface area contributed by atoms with Crippen LogP contribution in [0.2, 0.25) is 0 Å². The zero-order chi connectivity index (χ0) is 15.2. The van der Waals surface area contributed by atoms with Gasteiger partial charge in [-0.15, -0.1) is 0 Å². The summed E-state index contributed by atoms with van der Waals surface area (Å²) in [5.74, 6) is 0.429. The lowest BCUT2D eigenvalue weighted by Crippen LogP contribution is -2.20. The molecule has 0 saturated heterocycles. The van der Waals surface area contributed by atoms with Crippen LogP contribution in [-0.2, 0) is 4.74 Å². The molecule has 2 N–H and O–H groups in total. The largest absolute Gasteiger partial charge is 0.480 e. The molecule has 1 atom stereocenters. The van der Waals surface area contributed by atoms with Crippen LogP contribution < -0.4 is 15.2 Å². The Labute approximate surface area is 114 Å². The molecule has 1 heterocycles. The third kappa shape index (κ3) is 5.17. The Kier molecular flexibility index (Phi) is 5.96. The lowest BCUT2D eigenvalue weighted by Gasteiger charge is -2.14. The van der Waals surface area contributed by atoms with Gasteiger partial charge >= 0.3 is 6.18 Å². The van der Waals surface area contributed by atoms with Gasteiger partial charge < -0.3 is 19.9 Å². The van der Waals surface area contributed by atoms with Crippen molar-refractivity contribution in [3.05, 3.63) is 11.9 Å². The van der Waals surface area contributed by atoms with E-state index in [4.69, 9.17) is 15.2 Å². The summed E-state index contributed by atoms with van der Waals surface area (Å²) in [5, 5.41) is 0. The molecule has 114 valence electrons. The summed E-state index contributed by atoms with van der Waals surface area (Å²) in [7, 11) is 2.81. The smallest absolute Gasteiger partial charge is 0.411 e. The molecular weight excluding hydrogens is 279 g/mol. The first kappa shape index (κ1) is 16.4. The van der Waals surface area contributed by atoms with Crippen molar-refractivity contribution in [2.45, 2.75) is 18.6 Å². The number of rotatable bonds is 7. The molecule has 1 rings (SSSR count). The van der Waals surface area contributed by atoms with Crippen molar-refractivity contribution in [3.8, 4) is 11.8 Å². The Morgan fingerprint density at radius 2 is 2.00 bits per heavy atom. The normalized spacial score (nSPS) is 13.1. The van der Waals surface area contributed by atoms with Crippen LogP contribution in [-0.4, -0.2) is 43.6 Å². The van der Waals surface area contributed by atoms with Crippen LogP contribution in [0.15, 0.2) is 6.20 Å². The average molecular weight is 295 g/mol. The first-order valence-electron chi connectivity index (χ1n) is 5.72. The van der Waals surface area contributed by atoms with Gasteiger partial charge in [-0.05, 0) is 6.42 Å². The fourth-order valence-corrected chi connectivity index (χ4v) is 1.40. The molecule has 1 unspecified atom stereocenters. The Balaban J connectivity index is 2.56. The first-order chi connectivity index (χ1) is 9.37. The van der Waals surface area contributed by atoms with E-state index in [2.05, 4.69) is 14.7 Å². The van der Waals surface area contributed by atoms with E-state index in [-0.39, 0.29) is 24.8 Å². The highest BCUT2D eigenvalue weighted by atomic mass is 19.4. The van der Waals surface area contributed by atoms with Gasteiger partial charge in [0.15, 0.2) is 0 Å². The zero-order valence-electron chi connectivity index (χ0n) is 11.1. The van der Waals surface area contributed by atoms with Crippen molar-refractivity contribution in [2.24, 2.45) is 5.73 Å². The number of hydrogen-bond acceptors (Lipinski definition) is 6. The molecule has 1 aromatic heterocycles. The van der Waals surface area contributed by atoms with Gasteiger partial charge in [0.2, 0.25) is 11.8 Å². The standard InChI is InChI=1S/C11H16F3N3O3/c1-18-8-5-16-9(10(17-8)19-2)7(15)3-4-20-6-11(12,13)14/h5,7H,3-4,6,15H2,1-2H3. The Hall–Kier alpha value is -1.61. The highest BCUT2D eigenvalue weighted by Crippen LogP contribution is 2.24. The summed E-state index contributed by atoms with van der Waals surface area (Å²) in [4.78, 5) is 8.02. The highest BCUT2D eigenvalue weighted by Gasteiger charge is 2.27. The molecule has 0 bridgehead atoms. The molecule has 0 aliphatic carbocycles. The van der Waals surface area contributed by atoms with Crippen LogP contribution in [0.3, 0.4) is 0 Å². The molecule has 0 fully saturated rings. The van der Waals surface area contributed by atoms with Gasteiger partial charge in [-0.3, -0.25) is 0 Å². The average Bonchev–Trinajstić information content (AvgIpc) is 2.41. The molecular formula is C11H16F3N3O3. The van der Waals surface area contributed by atoms with Crippen LogP contribution in [0.4, 0.5) is 13.2 Å². The molecule has 0 amide bonds. The molecule has 0 aliphatic rings. The topological polar surface area (TPSA) is 79.5 Å². The van der Waals surface area contributed by atoms with Crippen LogP contribution in [0, 0.1) is 0 Å². The van der Waals surface area contributed by atoms with E-state index in [0.29, 0.717) is 5.69 Å². The minimum absolute atomic E-state index is 0.141. The van der Waals surface area contributed by atoms with E-state index >= 15 is 0 Å². The minimum atomic E-state index is -4.35. The second-order valence-electron chi connectivity index (χ2n) is 3.87. The number of ether oxygens (including phenoxy) is 3. The number of methoxy groups -OCH3 is 2. The molecule has 0 radical (unpaired) electrons. The molecule has 9 heteroatoms. The predicted octanol–water partition coefficient (Wildman–Crippen LogP) is 1.46. The Bertz CT molecular complexity index is 429. The Morgan fingerprint density at radius 1 is 1.30 bits per heavy atom. The summed E-state index contributed by atoms with van der Waals surface area (Å²) < 4.78 is 50.1. The Morgan fingerprint density at radius 3 is 2.55 bits per heavy atom. The van der Waals surface area contributed by atoms with Gasteiger partial charge in [0.1, 0.15) is 12.3 Å². The lowest BCUT2D eigenvalue weighted by molar-refractivity contribution is -0.174. The number of nitrogens with two attached hydrogens (primary N) is 1. The molecule has 6 nitrogen and oxygen atoms in total. The van der Waals surface area contributed by atoms with Crippen LogP contribution in [0.5, 0.6) is 11.8 Å². The van der Waals surface area contributed by atoms with Crippen molar-refractivity contribution >= 4 is 0 Å². The molecule has 0 saturated carbocycles. The van der Waals surface area contributed by atoms with E-state index in [0.717, 1.165) is 0 Å². The first-order valence-corrected chi connectivity index (χ1v) is 5.72. The van der Waals surface area contributed by atoms with E-state index in [1.54, 1.807) is 0 Å². The number of nitrogens with zero attached hydrogens (tertiary/aromatic N) is 2. The van der Waals surface area contributed by atoms with Crippen molar-refractivity contribution in [2.75, 3.05) is 27.4 Å². The molecule has 20 heavy (non-hydrogen) atoms. The lowest BCUT2D eigenvalue weighted by atomic mass is 10.1. The summed E-state index contributed by atoms with van der Waals surface area (Å²) in [6.45, 7) is -1.44.